The predicted molar refractivity (Wildman–Crippen MR) is 98.5 cm³/mol. The lowest BCUT2D eigenvalue weighted by Gasteiger charge is -2.12. The first-order chi connectivity index (χ1) is 12.9. The summed E-state index contributed by atoms with van der Waals surface area (Å²) in [6.45, 7) is 7.49. The Morgan fingerprint density at radius 2 is 2.07 bits per heavy atom. The van der Waals surface area contributed by atoms with Gasteiger partial charge in [0.05, 0.1) is 6.42 Å². The van der Waals surface area contributed by atoms with Crippen LogP contribution in [0.3, 0.4) is 0 Å². The van der Waals surface area contributed by atoms with E-state index in [-0.39, 0.29) is 6.42 Å². The summed E-state index contributed by atoms with van der Waals surface area (Å²) in [5, 5.41) is 8.91. The van der Waals surface area contributed by atoms with Crippen molar-refractivity contribution < 1.29 is 14.1 Å². The molecule has 10 heteroatoms. The van der Waals surface area contributed by atoms with E-state index in [0.29, 0.717) is 22.6 Å². The van der Waals surface area contributed by atoms with Crippen LogP contribution in [0.5, 0.6) is 0 Å². The molecule has 0 aliphatic carbocycles. The van der Waals surface area contributed by atoms with Crippen molar-refractivity contribution in [2.45, 2.75) is 58.2 Å². The van der Waals surface area contributed by atoms with E-state index in [1.54, 1.807) is 11.4 Å². The summed E-state index contributed by atoms with van der Waals surface area (Å²) in [6.07, 6.45) is 3.02. The number of carbonyl (C=O) groups excluding carboxylic acids is 1. The molecular weight excluding hydrogens is 368 g/mol. The first kappa shape index (κ1) is 19.3. The Balaban J connectivity index is 1.75. The zero-order chi connectivity index (χ0) is 19.6. The Kier molecular flexibility index (Phi) is 5.73. The van der Waals surface area contributed by atoms with Gasteiger partial charge in [0, 0.05) is 23.4 Å². The van der Waals surface area contributed by atoms with Crippen molar-refractivity contribution >= 4 is 23.5 Å². The Bertz CT molecular complexity index is 967. The van der Waals surface area contributed by atoms with Crippen LogP contribution in [0, 0.1) is 13.8 Å². The quantitative estimate of drug-likeness (QED) is 0.444. The third-order valence-corrected chi connectivity index (χ3v) is 4.68. The molecule has 3 aromatic rings. The summed E-state index contributed by atoms with van der Waals surface area (Å²) in [6, 6.07) is 0. The predicted octanol–water partition coefficient (Wildman–Crippen LogP) is 2.65. The molecule has 0 aliphatic heterocycles. The van der Waals surface area contributed by atoms with Gasteiger partial charge >= 0.3 is 5.97 Å². The summed E-state index contributed by atoms with van der Waals surface area (Å²) in [7, 11) is 0. The van der Waals surface area contributed by atoms with Crippen LogP contribution >= 0.6 is 11.8 Å². The molecule has 0 saturated carbocycles. The van der Waals surface area contributed by atoms with Crippen molar-refractivity contribution in [3.8, 4) is 0 Å². The molecule has 1 unspecified atom stereocenters. The van der Waals surface area contributed by atoms with Gasteiger partial charge in [0.15, 0.2) is 11.9 Å². The second-order valence-corrected chi connectivity index (χ2v) is 6.95. The van der Waals surface area contributed by atoms with Crippen molar-refractivity contribution in [3.63, 3.8) is 0 Å². The maximum atomic E-state index is 12.4. The molecule has 0 aromatic carbocycles. The normalized spacial score (nSPS) is 12.5. The third-order valence-electron chi connectivity index (χ3n) is 4.15. The topological polar surface area (TPSA) is 108 Å². The van der Waals surface area contributed by atoms with Crippen molar-refractivity contribution in [1.82, 2.24) is 29.7 Å². The minimum atomic E-state index is -0.609. The highest BCUT2D eigenvalue weighted by molar-refractivity contribution is 7.98. The van der Waals surface area contributed by atoms with Crippen molar-refractivity contribution in [2.24, 2.45) is 0 Å². The van der Waals surface area contributed by atoms with Gasteiger partial charge in [-0.05, 0) is 33.4 Å². The van der Waals surface area contributed by atoms with Crippen LogP contribution in [0.15, 0.2) is 9.68 Å². The fraction of sp³-hybridized carbons (Fsp3) is 0.529. The number of carbonyl (C=O) groups is 1. The van der Waals surface area contributed by atoms with Crippen molar-refractivity contribution in [1.29, 1.82) is 0 Å². The van der Waals surface area contributed by atoms with E-state index in [1.807, 2.05) is 27.0 Å². The third kappa shape index (κ3) is 4.10. The number of aryl methyl sites for hydroxylation is 3. The SMILES string of the molecule is CCCc1noc(C(C)OC(=O)Cc2c(C)nc3nc(SC)nn3c2C)n1. The number of rotatable bonds is 7. The highest BCUT2D eigenvalue weighted by atomic mass is 32.2. The minimum absolute atomic E-state index is 0.0787. The molecule has 0 radical (unpaired) electrons. The maximum absolute atomic E-state index is 12.4. The van der Waals surface area contributed by atoms with Gasteiger partial charge < -0.3 is 9.26 Å². The molecular formula is C17H22N6O3S. The molecule has 1 atom stereocenters. The van der Waals surface area contributed by atoms with Gasteiger partial charge in [-0.1, -0.05) is 23.8 Å². The highest BCUT2D eigenvalue weighted by Gasteiger charge is 2.21. The number of fused-ring (bicyclic) bond motifs is 1. The van der Waals surface area contributed by atoms with Crippen molar-refractivity contribution in [3.05, 3.63) is 28.7 Å². The number of thioether (sulfide) groups is 1. The minimum Gasteiger partial charge on any atom is -0.452 e. The Morgan fingerprint density at radius 3 is 2.78 bits per heavy atom. The molecule has 144 valence electrons. The molecule has 0 spiro atoms. The summed E-state index contributed by atoms with van der Waals surface area (Å²) in [5.74, 6) is 1.05. The number of aromatic nitrogens is 6. The van der Waals surface area contributed by atoms with Crippen LogP contribution in [0.1, 0.15) is 55.0 Å². The van der Waals surface area contributed by atoms with E-state index in [9.17, 15) is 4.79 Å². The number of esters is 1. The lowest BCUT2D eigenvalue weighted by atomic mass is 10.1. The molecule has 3 heterocycles. The molecule has 0 bridgehead atoms. The van der Waals surface area contributed by atoms with Crippen LogP contribution in [0.4, 0.5) is 0 Å². The monoisotopic (exact) mass is 390 g/mol. The van der Waals surface area contributed by atoms with Gasteiger partial charge in [-0.25, -0.2) is 9.50 Å². The van der Waals surface area contributed by atoms with Gasteiger partial charge in [-0.15, -0.1) is 5.10 Å². The maximum Gasteiger partial charge on any atom is 0.311 e. The van der Waals surface area contributed by atoms with Crippen LogP contribution in [0.25, 0.3) is 5.78 Å². The smallest absolute Gasteiger partial charge is 0.311 e. The molecule has 9 nitrogen and oxygen atoms in total. The average molecular weight is 390 g/mol. The molecule has 27 heavy (non-hydrogen) atoms. The number of hydrogen-bond donors (Lipinski definition) is 0. The summed E-state index contributed by atoms with van der Waals surface area (Å²) < 4.78 is 12.3. The lowest BCUT2D eigenvalue weighted by Crippen LogP contribution is -2.15. The van der Waals surface area contributed by atoms with E-state index in [1.165, 1.54) is 11.8 Å². The van der Waals surface area contributed by atoms with Crippen LogP contribution in [-0.2, 0) is 22.4 Å². The largest absolute Gasteiger partial charge is 0.452 e. The van der Waals surface area contributed by atoms with Crippen LogP contribution in [-0.4, -0.2) is 41.9 Å². The number of hydrogen-bond acceptors (Lipinski definition) is 9. The van der Waals surface area contributed by atoms with E-state index >= 15 is 0 Å². The van der Waals surface area contributed by atoms with Crippen LogP contribution in [0.2, 0.25) is 0 Å². The zero-order valence-electron chi connectivity index (χ0n) is 16.0. The standard InChI is InChI=1S/C17H22N6O3S/c1-6-7-13-19-15(26-22-13)11(4)25-14(24)8-12-9(2)18-16-20-17(27-5)21-23(16)10(12)3/h11H,6-8H2,1-5H3. The first-order valence-corrected chi connectivity index (χ1v) is 9.94. The first-order valence-electron chi connectivity index (χ1n) is 8.71. The van der Waals surface area contributed by atoms with E-state index in [2.05, 4.69) is 25.2 Å². The molecule has 3 rings (SSSR count). The molecule has 3 aromatic heterocycles. The Labute approximate surface area is 160 Å². The van der Waals surface area contributed by atoms with Gasteiger partial charge in [0.25, 0.3) is 11.7 Å². The van der Waals surface area contributed by atoms with E-state index < -0.39 is 12.1 Å². The zero-order valence-corrected chi connectivity index (χ0v) is 16.8. The average Bonchev–Trinajstić information content (AvgIpc) is 3.26. The summed E-state index contributed by atoms with van der Waals surface area (Å²) in [4.78, 5) is 25.5. The lowest BCUT2D eigenvalue weighted by molar-refractivity contribution is -0.149. The van der Waals surface area contributed by atoms with Gasteiger partial charge in [0.1, 0.15) is 0 Å². The van der Waals surface area contributed by atoms with Gasteiger partial charge in [0.2, 0.25) is 5.16 Å². The van der Waals surface area contributed by atoms with Gasteiger partial charge in [-0.3, -0.25) is 4.79 Å². The molecule has 0 N–H and O–H groups in total. The van der Waals surface area contributed by atoms with E-state index in [0.717, 1.165) is 29.8 Å². The fourth-order valence-corrected chi connectivity index (χ4v) is 3.06. The Hall–Kier alpha value is -2.49. The van der Waals surface area contributed by atoms with E-state index in [4.69, 9.17) is 9.26 Å². The van der Waals surface area contributed by atoms with Gasteiger partial charge in [-0.2, -0.15) is 9.97 Å². The number of nitrogens with zero attached hydrogens (tertiary/aromatic N) is 6. The second kappa shape index (κ2) is 8.03. The molecule has 0 aliphatic rings. The summed E-state index contributed by atoms with van der Waals surface area (Å²) >= 11 is 1.44. The Morgan fingerprint density at radius 1 is 1.30 bits per heavy atom. The fourth-order valence-electron chi connectivity index (χ4n) is 2.72. The second-order valence-electron chi connectivity index (χ2n) is 6.18. The molecule has 0 fully saturated rings. The number of ether oxygens (including phenoxy) is 1. The van der Waals surface area contributed by atoms with Crippen molar-refractivity contribution in [2.75, 3.05) is 6.26 Å². The van der Waals surface area contributed by atoms with Crippen LogP contribution < -0.4 is 0 Å². The molecule has 0 amide bonds. The summed E-state index contributed by atoms with van der Waals surface area (Å²) in [5.41, 5.74) is 2.32. The highest BCUT2D eigenvalue weighted by Crippen LogP contribution is 2.20. The molecule has 0 saturated heterocycles.